The third kappa shape index (κ3) is 6.65. The highest BCUT2D eigenvalue weighted by Gasteiger charge is 2.26. The summed E-state index contributed by atoms with van der Waals surface area (Å²) in [6, 6.07) is 0.281. The topological polar surface area (TPSA) is 82.1 Å². The summed E-state index contributed by atoms with van der Waals surface area (Å²) in [6.45, 7) is 2.11. The summed E-state index contributed by atoms with van der Waals surface area (Å²) in [5, 5.41) is 12.0. The number of aliphatic carboxylic acids is 1. The van der Waals surface area contributed by atoms with Crippen molar-refractivity contribution in [1.29, 1.82) is 0 Å². The first-order valence-electron chi connectivity index (χ1n) is 9.12. The molecule has 1 aliphatic carbocycles. The van der Waals surface area contributed by atoms with Crippen molar-refractivity contribution in [1.82, 2.24) is 15.1 Å². The summed E-state index contributed by atoms with van der Waals surface area (Å²) < 4.78 is 5.68. The Morgan fingerprint density at radius 2 is 1.88 bits per heavy atom. The molecule has 0 aromatic carbocycles. The SMILES string of the molecule is CN(CC(=O)O)CC1CN(C(=O)NC2CCCCCCC2)CCO1. The monoisotopic (exact) mass is 341 g/mol. The number of morpholine rings is 1. The molecule has 2 amide bonds. The van der Waals surface area contributed by atoms with E-state index in [4.69, 9.17) is 9.84 Å². The number of carboxylic acids is 1. The maximum Gasteiger partial charge on any atom is 0.317 e. The van der Waals surface area contributed by atoms with Gasteiger partial charge < -0.3 is 20.1 Å². The molecule has 0 aromatic heterocycles. The standard InChI is InChI=1S/C17H31N3O4/c1-19(13-16(21)22)11-15-12-20(9-10-24-15)17(23)18-14-7-5-3-2-4-6-8-14/h14-15H,2-13H2,1H3,(H,18,23)(H,21,22). The van der Waals surface area contributed by atoms with E-state index in [2.05, 4.69) is 5.32 Å². The van der Waals surface area contributed by atoms with Gasteiger partial charge in [-0.25, -0.2) is 4.79 Å². The highest BCUT2D eigenvalue weighted by Crippen LogP contribution is 2.17. The van der Waals surface area contributed by atoms with Gasteiger partial charge in [-0.05, 0) is 19.9 Å². The number of carboxylic acid groups (broad SMARTS) is 1. The zero-order chi connectivity index (χ0) is 17.4. The summed E-state index contributed by atoms with van der Waals surface area (Å²) in [7, 11) is 1.75. The van der Waals surface area contributed by atoms with Gasteiger partial charge in [0.05, 0.1) is 19.3 Å². The molecule has 0 spiro atoms. The van der Waals surface area contributed by atoms with Crippen LogP contribution < -0.4 is 5.32 Å². The van der Waals surface area contributed by atoms with Crippen molar-refractivity contribution in [3.05, 3.63) is 0 Å². The normalized spacial score (nSPS) is 23.6. The Morgan fingerprint density at radius 3 is 2.54 bits per heavy atom. The van der Waals surface area contributed by atoms with Gasteiger partial charge in [0.25, 0.3) is 0 Å². The molecule has 138 valence electrons. The quantitative estimate of drug-likeness (QED) is 0.792. The van der Waals surface area contributed by atoms with Gasteiger partial charge in [0.1, 0.15) is 0 Å². The first-order chi connectivity index (χ1) is 11.5. The molecule has 1 unspecified atom stereocenters. The second-order valence-corrected chi connectivity index (χ2v) is 7.02. The lowest BCUT2D eigenvalue weighted by molar-refractivity contribution is -0.138. The van der Waals surface area contributed by atoms with Crippen LogP contribution in [0.15, 0.2) is 0 Å². The molecule has 2 rings (SSSR count). The van der Waals surface area contributed by atoms with Crippen LogP contribution >= 0.6 is 0 Å². The van der Waals surface area contributed by atoms with Crippen molar-refractivity contribution >= 4 is 12.0 Å². The van der Waals surface area contributed by atoms with Gasteiger partial charge in [-0.3, -0.25) is 9.69 Å². The van der Waals surface area contributed by atoms with Crippen molar-refractivity contribution in [3.63, 3.8) is 0 Å². The summed E-state index contributed by atoms with van der Waals surface area (Å²) in [4.78, 5) is 26.8. The number of amides is 2. The molecule has 1 heterocycles. The zero-order valence-electron chi connectivity index (χ0n) is 14.7. The third-order valence-corrected chi connectivity index (χ3v) is 4.78. The number of hydrogen-bond acceptors (Lipinski definition) is 4. The van der Waals surface area contributed by atoms with Gasteiger partial charge in [-0.15, -0.1) is 0 Å². The highest BCUT2D eigenvalue weighted by atomic mass is 16.5. The zero-order valence-corrected chi connectivity index (χ0v) is 14.7. The molecule has 0 radical (unpaired) electrons. The Hall–Kier alpha value is -1.34. The second kappa shape index (κ2) is 9.84. The summed E-state index contributed by atoms with van der Waals surface area (Å²) in [5.74, 6) is -0.854. The molecular weight excluding hydrogens is 310 g/mol. The lowest BCUT2D eigenvalue weighted by Gasteiger charge is -2.35. The Bertz CT molecular complexity index is 411. The van der Waals surface area contributed by atoms with Crippen molar-refractivity contribution in [2.24, 2.45) is 0 Å². The highest BCUT2D eigenvalue weighted by molar-refractivity contribution is 5.74. The van der Waals surface area contributed by atoms with E-state index >= 15 is 0 Å². The van der Waals surface area contributed by atoms with Gasteiger partial charge in [-0.2, -0.15) is 0 Å². The number of rotatable bonds is 5. The van der Waals surface area contributed by atoms with Crippen LogP contribution in [0.4, 0.5) is 4.79 Å². The van der Waals surface area contributed by atoms with E-state index in [-0.39, 0.29) is 24.7 Å². The minimum Gasteiger partial charge on any atom is -0.480 e. The number of nitrogens with zero attached hydrogens (tertiary/aromatic N) is 2. The average Bonchev–Trinajstić information content (AvgIpc) is 2.49. The van der Waals surface area contributed by atoms with E-state index < -0.39 is 5.97 Å². The maximum atomic E-state index is 12.5. The van der Waals surface area contributed by atoms with Crippen molar-refractivity contribution < 1.29 is 19.4 Å². The minimum absolute atomic E-state index is 0.00485. The molecule has 1 atom stereocenters. The first kappa shape index (κ1) is 19.0. The smallest absolute Gasteiger partial charge is 0.317 e. The molecule has 1 saturated carbocycles. The molecular formula is C17H31N3O4. The molecule has 7 nitrogen and oxygen atoms in total. The van der Waals surface area contributed by atoms with E-state index in [9.17, 15) is 9.59 Å². The van der Waals surface area contributed by atoms with Crippen LogP contribution in [-0.2, 0) is 9.53 Å². The van der Waals surface area contributed by atoms with Crippen LogP contribution in [0.1, 0.15) is 44.9 Å². The van der Waals surface area contributed by atoms with Crippen molar-refractivity contribution in [3.8, 4) is 0 Å². The van der Waals surface area contributed by atoms with Crippen molar-refractivity contribution in [2.75, 3.05) is 39.8 Å². The summed E-state index contributed by atoms with van der Waals surface area (Å²) in [5.41, 5.74) is 0. The molecule has 1 saturated heterocycles. The minimum atomic E-state index is -0.854. The number of ether oxygens (including phenoxy) is 1. The molecule has 1 aliphatic heterocycles. The van der Waals surface area contributed by atoms with Gasteiger partial charge in [-0.1, -0.05) is 32.1 Å². The van der Waals surface area contributed by atoms with Gasteiger partial charge in [0.15, 0.2) is 0 Å². The number of nitrogens with one attached hydrogen (secondary N) is 1. The Morgan fingerprint density at radius 1 is 1.21 bits per heavy atom. The van der Waals surface area contributed by atoms with Crippen LogP contribution in [0.2, 0.25) is 0 Å². The lowest BCUT2D eigenvalue weighted by Crippen LogP contribution is -2.54. The third-order valence-electron chi connectivity index (χ3n) is 4.78. The van der Waals surface area contributed by atoms with Crippen molar-refractivity contribution in [2.45, 2.75) is 57.1 Å². The van der Waals surface area contributed by atoms with Crippen LogP contribution in [-0.4, -0.2) is 78.9 Å². The number of hydrogen-bond donors (Lipinski definition) is 2. The molecule has 24 heavy (non-hydrogen) atoms. The Labute approximate surface area is 144 Å². The van der Waals surface area contributed by atoms with Crippen LogP contribution in [0.5, 0.6) is 0 Å². The van der Waals surface area contributed by atoms with Crippen LogP contribution in [0.3, 0.4) is 0 Å². The first-order valence-corrected chi connectivity index (χ1v) is 9.12. The molecule has 2 N–H and O–H groups in total. The summed E-state index contributed by atoms with van der Waals surface area (Å²) >= 11 is 0. The number of urea groups is 1. The molecule has 0 aromatic rings. The molecule has 2 aliphatic rings. The lowest BCUT2D eigenvalue weighted by atomic mass is 9.97. The second-order valence-electron chi connectivity index (χ2n) is 7.02. The van der Waals surface area contributed by atoms with Gasteiger partial charge in [0, 0.05) is 25.7 Å². The molecule has 0 bridgehead atoms. The fourth-order valence-electron chi connectivity index (χ4n) is 3.52. The van der Waals surface area contributed by atoms with E-state index in [0.717, 1.165) is 12.8 Å². The number of likely N-dealkylation sites (N-methyl/N-ethyl adjacent to an activating group) is 1. The average molecular weight is 341 g/mol. The Kier molecular flexibility index (Phi) is 7.78. The van der Waals surface area contributed by atoms with E-state index in [1.54, 1.807) is 11.9 Å². The van der Waals surface area contributed by atoms with Crippen LogP contribution in [0, 0.1) is 0 Å². The fraction of sp³-hybridized carbons (Fsp3) is 0.882. The summed E-state index contributed by atoms with van der Waals surface area (Å²) in [6.07, 6.45) is 8.24. The Balaban J connectivity index is 1.77. The van der Waals surface area contributed by atoms with Gasteiger partial charge in [0.2, 0.25) is 0 Å². The fourth-order valence-corrected chi connectivity index (χ4v) is 3.52. The number of carbonyl (C=O) groups excluding carboxylic acids is 1. The van der Waals surface area contributed by atoms with E-state index in [0.29, 0.717) is 26.2 Å². The van der Waals surface area contributed by atoms with Gasteiger partial charge >= 0.3 is 12.0 Å². The van der Waals surface area contributed by atoms with Crippen LogP contribution in [0.25, 0.3) is 0 Å². The largest absolute Gasteiger partial charge is 0.480 e. The van der Waals surface area contributed by atoms with E-state index in [1.165, 1.54) is 32.1 Å². The molecule has 7 heteroatoms. The van der Waals surface area contributed by atoms with E-state index in [1.807, 2.05) is 4.90 Å². The predicted molar refractivity (Wildman–Crippen MR) is 91.1 cm³/mol. The predicted octanol–water partition coefficient (Wildman–Crippen LogP) is 1.53. The molecule has 2 fully saturated rings. The number of carbonyl (C=O) groups is 2. The maximum absolute atomic E-state index is 12.5.